The lowest BCUT2D eigenvalue weighted by Crippen LogP contribution is -2.34. The van der Waals surface area contributed by atoms with Gasteiger partial charge in [-0.2, -0.15) is 0 Å². The van der Waals surface area contributed by atoms with E-state index in [0.29, 0.717) is 16.4 Å². The Morgan fingerprint density at radius 1 is 1.16 bits per heavy atom. The molecule has 2 heterocycles. The van der Waals surface area contributed by atoms with Crippen LogP contribution in [-0.2, 0) is 4.79 Å². The third-order valence-electron chi connectivity index (χ3n) is 3.74. The first-order valence-corrected chi connectivity index (χ1v) is 7.92. The second kappa shape index (κ2) is 6.10. The Labute approximate surface area is 147 Å². The third-order valence-corrected chi connectivity index (χ3v) is 3.98. The number of carbonyl (C=O) groups excluding carboxylic acids is 1. The standard InChI is InChI=1S/C17H13ClN4O3/c1-10(17(23)21-22-8-19-20-9-22)24-12-3-5-15-14(7-12)13-4-2-11(18)6-16(13)25-15/h2-10H,1H3,(H,21,23). The second-order valence-corrected chi connectivity index (χ2v) is 5.94. The average Bonchev–Trinajstić information content (AvgIpc) is 3.21. The number of carbonyl (C=O) groups is 1. The second-order valence-electron chi connectivity index (χ2n) is 5.51. The number of fused-ring (bicyclic) bond motifs is 3. The van der Waals surface area contributed by atoms with E-state index in [1.807, 2.05) is 24.3 Å². The van der Waals surface area contributed by atoms with Crippen LogP contribution in [0.5, 0.6) is 5.75 Å². The van der Waals surface area contributed by atoms with Crippen LogP contribution in [0, 0.1) is 0 Å². The van der Waals surface area contributed by atoms with Crippen LogP contribution >= 0.6 is 11.6 Å². The maximum Gasteiger partial charge on any atom is 0.279 e. The van der Waals surface area contributed by atoms with E-state index in [0.717, 1.165) is 16.4 Å². The summed E-state index contributed by atoms with van der Waals surface area (Å²) in [6, 6.07) is 10.9. The van der Waals surface area contributed by atoms with E-state index in [-0.39, 0.29) is 5.91 Å². The predicted octanol–water partition coefficient (Wildman–Crippen LogP) is 3.37. The smallest absolute Gasteiger partial charge is 0.279 e. The monoisotopic (exact) mass is 356 g/mol. The van der Waals surface area contributed by atoms with Crippen molar-refractivity contribution in [1.29, 1.82) is 0 Å². The summed E-state index contributed by atoms with van der Waals surface area (Å²) in [6.07, 6.45) is 2.08. The number of amides is 1. The molecule has 0 bridgehead atoms. The van der Waals surface area contributed by atoms with E-state index in [1.54, 1.807) is 19.1 Å². The Balaban J connectivity index is 1.58. The van der Waals surface area contributed by atoms with Gasteiger partial charge in [-0.3, -0.25) is 10.2 Å². The number of halogens is 1. The molecule has 25 heavy (non-hydrogen) atoms. The molecule has 0 radical (unpaired) electrons. The van der Waals surface area contributed by atoms with Crippen LogP contribution < -0.4 is 10.2 Å². The van der Waals surface area contributed by atoms with Crippen LogP contribution in [0.1, 0.15) is 6.92 Å². The van der Waals surface area contributed by atoms with Gasteiger partial charge in [0.2, 0.25) is 0 Å². The SMILES string of the molecule is CC(Oc1ccc2oc3cc(Cl)ccc3c2c1)C(=O)Nn1cnnc1. The normalized spacial score (nSPS) is 12.4. The molecule has 1 amide bonds. The Kier molecular flexibility index (Phi) is 3.77. The zero-order valence-electron chi connectivity index (χ0n) is 13.1. The van der Waals surface area contributed by atoms with Crippen LogP contribution in [0.25, 0.3) is 21.9 Å². The number of furan rings is 1. The highest BCUT2D eigenvalue weighted by Crippen LogP contribution is 2.33. The number of ether oxygens (including phenoxy) is 1. The summed E-state index contributed by atoms with van der Waals surface area (Å²) in [5.74, 6) is 0.250. The van der Waals surface area contributed by atoms with Crippen LogP contribution in [0.4, 0.5) is 0 Å². The first-order valence-electron chi connectivity index (χ1n) is 7.54. The van der Waals surface area contributed by atoms with Crippen molar-refractivity contribution in [2.45, 2.75) is 13.0 Å². The van der Waals surface area contributed by atoms with Gasteiger partial charge >= 0.3 is 0 Å². The minimum Gasteiger partial charge on any atom is -0.481 e. The van der Waals surface area contributed by atoms with Gasteiger partial charge in [0.05, 0.1) is 0 Å². The predicted molar refractivity (Wildman–Crippen MR) is 93.2 cm³/mol. The van der Waals surface area contributed by atoms with Crippen molar-refractivity contribution in [2.24, 2.45) is 0 Å². The molecule has 0 saturated heterocycles. The lowest BCUT2D eigenvalue weighted by atomic mass is 10.1. The summed E-state index contributed by atoms with van der Waals surface area (Å²) in [4.78, 5) is 12.1. The quantitative estimate of drug-likeness (QED) is 0.606. The summed E-state index contributed by atoms with van der Waals surface area (Å²) in [7, 11) is 0. The summed E-state index contributed by atoms with van der Waals surface area (Å²) in [5, 5.41) is 9.69. The third kappa shape index (κ3) is 3.01. The molecule has 8 heteroatoms. The molecule has 2 aromatic carbocycles. The molecular weight excluding hydrogens is 344 g/mol. The highest BCUT2D eigenvalue weighted by Gasteiger charge is 2.16. The Hall–Kier alpha value is -3.06. The maximum absolute atomic E-state index is 12.1. The van der Waals surface area contributed by atoms with Gasteiger partial charge in [0.15, 0.2) is 6.10 Å². The van der Waals surface area contributed by atoms with Crippen LogP contribution in [0.15, 0.2) is 53.5 Å². The Morgan fingerprint density at radius 2 is 1.96 bits per heavy atom. The molecule has 4 rings (SSSR count). The molecule has 7 nitrogen and oxygen atoms in total. The zero-order valence-corrected chi connectivity index (χ0v) is 13.9. The van der Waals surface area contributed by atoms with Crippen molar-refractivity contribution in [2.75, 3.05) is 5.43 Å². The lowest BCUT2D eigenvalue weighted by Gasteiger charge is -2.14. The molecule has 2 aromatic heterocycles. The molecule has 0 aliphatic heterocycles. The van der Waals surface area contributed by atoms with Crippen molar-refractivity contribution in [3.8, 4) is 5.75 Å². The minimum atomic E-state index is -0.701. The molecule has 0 aliphatic rings. The number of hydrogen-bond donors (Lipinski definition) is 1. The highest BCUT2D eigenvalue weighted by atomic mass is 35.5. The topological polar surface area (TPSA) is 82.2 Å². The number of aromatic nitrogens is 3. The molecule has 1 unspecified atom stereocenters. The number of hydrogen-bond acceptors (Lipinski definition) is 5. The van der Waals surface area contributed by atoms with Crippen molar-refractivity contribution in [3.05, 3.63) is 54.1 Å². The maximum atomic E-state index is 12.1. The van der Waals surface area contributed by atoms with Gasteiger partial charge in [0.1, 0.15) is 29.6 Å². The first kappa shape index (κ1) is 15.5. The fraction of sp³-hybridized carbons (Fsp3) is 0.118. The molecular formula is C17H13ClN4O3. The van der Waals surface area contributed by atoms with E-state index < -0.39 is 6.10 Å². The van der Waals surface area contributed by atoms with Crippen LogP contribution in [0.3, 0.4) is 0 Å². The van der Waals surface area contributed by atoms with Gasteiger partial charge in [0.25, 0.3) is 5.91 Å². The molecule has 0 saturated carbocycles. The molecule has 4 aromatic rings. The van der Waals surface area contributed by atoms with Crippen LogP contribution in [0.2, 0.25) is 5.02 Å². The summed E-state index contributed by atoms with van der Waals surface area (Å²) in [5.41, 5.74) is 4.04. The molecule has 0 spiro atoms. The minimum absolute atomic E-state index is 0.316. The first-order chi connectivity index (χ1) is 12.1. The van der Waals surface area contributed by atoms with E-state index in [4.69, 9.17) is 20.8 Å². The van der Waals surface area contributed by atoms with Crippen molar-refractivity contribution < 1.29 is 13.9 Å². The number of benzene rings is 2. The lowest BCUT2D eigenvalue weighted by molar-refractivity contribution is -0.123. The summed E-state index contributed by atoms with van der Waals surface area (Å²) >= 11 is 6.00. The van der Waals surface area contributed by atoms with Gasteiger partial charge in [-0.1, -0.05) is 11.6 Å². The Morgan fingerprint density at radius 3 is 2.76 bits per heavy atom. The Bertz CT molecular complexity index is 1060. The number of nitrogens with zero attached hydrogens (tertiary/aromatic N) is 3. The van der Waals surface area contributed by atoms with Gasteiger partial charge in [0, 0.05) is 21.9 Å². The van der Waals surface area contributed by atoms with Crippen LogP contribution in [-0.4, -0.2) is 26.9 Å². The fourth-order valence-corrected chi connectivity index (χ4v) is 2.70. The van der Waals surface area contributed by atoms with Crippen molar-refractivity contribution >= 4 is 39.4 Å². The summed E-state index contributed by atoms with van der Waals surface area (Å²) in [6.45, 7) is 1.66. The van der Waals surface area contributed by atoms with Gasteiger partial charge in [-0.25, -0.2) is 4.68 Å². The number of nitrogens with one attached hydrogen (secondary N) is 1. The molecule has 126 valence electrons. The summed E-state index contributed by atoms with van der Waals surface area (Å²) < 4.78 is 12.9. The van der Waals surface area contributed by atoms with Gasteiger partial charge < -0.3 is 9.15 Å². The highest BCUT2D eigenvalue weighted by molar-refractivity contribution is 6.31. The van der Waals surface area contributed by atoms with E-state index in [1.165, 1.54) is 17.3 Å². The molecule has 0 aliphatic carbocycles. The molecule has 1 N–H and O–H groups in total. The largest absolute Gasteiger partial charge is 0.481 e. The molecule has 1 atom stereocenters. The van der Waals surface area contributed by atoms with Gasteiger partial charge in [-0.15, -0.1) is 10.2 Å². The fourth-order valence-electron chi connectivity index (χ4n) is 2.54. The van der Waals surface area contributed by atoms with Gasteiger partial charge in [-0.05, 0) is 37.3 Å². The average molecular weight is 357 g/mol. The van der Waals surface area contributed by atoms with Crippen molar-refractivity contribution in [3.63, 3.8) is 0 Å². The van der Waals surface area contributed by atoms with E-state index in [2.05, 4.69) is 15.6 Å². The zero-order chi connectivity index (χ0) is 17.4. The van der Waals surface area contributed by atoms with E-state index in [9.17, 15) is 4.79 Å². The van der Waals surface area contributed by atoms with E-state index >= 15 is 0 Å². The van der Waals surface area contributed by atoms with Crippen molar-refractivity contribution in [1.82, 2.24) is 14.9 Å². The molecule has 0 fully saturated rings. The number of rotatable bonds is 4.